The second-order valence-electron chi connectivity index (χ2n) is 5.54. The minimum atomic E-state index is -0.743. The summed E-state index contributed by atoms with van der Waals surface area (Å²) in [6, 6.07) is 0.0404. The maximum Gasteiger partial charge on any atom is 0.306 e. The Morgan fingerprint density at radius 2 is 2.11 bits per heavy atom. The van der Waals surface area contributed by atoms with E-state index in [4.69, 9.17) is 9.84 Å². The van der Waals surface area contributed by atoms with Crippen LogP contribution < -0.4 is 5.32 Å². The van der Waals surface area contributed by atoms with Gasteiger partial charge in [-0.3, -0.25) is 9.59 Å². The lowest BCUT2D eigenvalue weighted by Gasteiger charge is -2.18. The second-order valence-corrected chi connectivity index (χ2v) is 5.54. The van der Waals surface area contributed by atoms with Gasteiger partial charge >= 0.3 is 5.97 Å². The van der Waals surface area contributed by atoms with Gasteiger partial charge in [-0.1, -0.05) is 0 Å². The van der Waals surface area contributed by atoms with Gasteiger partial charge in [-0.05, 0) is 38.5 Å². The number of methoxy groups -OCH3 is 1. The Morgan fingerprint density at radius 3 is 2.61 bits per heavy atom. The van der Waals surface area contributed by atoms with E-state index in [1.807, 2.05) is 0 Å². The Hall–Kier alpha value is -1.10. The predicted octanol–water partition coefficient (Wildman–Crippen LogP) is 1.17. The molecule has 0 aliphatic heterocycles. The molecule has 0 aromatic rings. The Morgan fingerprint density at radius 1 is 1.39 bits per heavy atom. The molecule has 2 aliphatic carbocycles. The molecule has 2 saturated carbocycles. The number of carbonyl (C=O) groups excluding carboxylic acids is 1. The fraction of sp³-hybridized carbons (Fsp3) is 0.846. The van der Waals surface area contributed by atoms with Crippen molar-refractivity contribution in [2.45, 2.75) is 44.6 Å². The zero-order valence-electron chi connectivity index (χ0n) is 10.8. The van der Waals surface area contributed by atoms with E-state index >= 15 is 0 Å². The summed E-state index contributed by atoms with van der Waals surface area (Å²) in [6.07, 6.45) is 4.65. The van der Waals surface area contributed by atoms with Crippen molar-refractivity contribution in [1.82, 2.24) is 5.32 Å². The van der Waals surface area contributed by atoms with Crippen LogP contribution in [0.2, 0.25) is 0 Å². The van der Waals surface area contributed by atoms with E-state index in [2.05, 4.69) is 5.32 Å². The molecule has 1 amide bonds. The molecule has 2 rings (SSSR count). The van der Waals surface area contributed by atoms with Gasteiger partial charge in [0, 0.05) is 19.8 Å². The second kappa shape index (κ2) is 5.26. The lowest BCUT2D eigenvalue weighted by Crippen LogP contribution is -2.39. The van der Waals surface area contributed by atoms with Crippen molar-refractivity contribution in [2.75, 3.05) is 13.7 Å². The van der Waals surface area contributed by atoms with Crippen LogP contribution in [0.4, 0.5) is 0 Å². The quantitative estimate of drug-likeness (QED) is 0.747. The molecule has 0 unspecified atom stereocenters. The van der Waals surface area contributed by atoms with Gasteiger partial charge in [0.15, 0.2) is 0 Å². The van der Waals surface area contributed by atoms with Gasteiger partial charge in [0.25, 0.3) is 0 Å². The minimum absolute atomic E-state index is 0.0404. The van der Waals surface area contributed by atoms with Crippen molar-refractivity contribution < 1.29 is 19.4 Å². The summed E-state index contributed by atoms with van der Waals surface area (Å²) < 4.78 is 5.03. The average molecular weight is 255 g/mol. The van der Waals surface area contributed by atoms with Crippen LogP contribution in [-0.2, 0) is 14.3 Å². The largest absolute Gasteiger partial charge is 0.481 e. The third-order valence-electron chi connectivity index (χ3n) is 4.24. The first-order valence-electron chi connectivity index (χ1n) is 6.60. The van der Waals surface area contributed by atoms with Crippen molar-refractivity contribution in [2.24, 2.45) is 11.3 Å². The van der Waals surface area contributed by atoms with Gasteiger partial charge in [-0.15, -0.1) is 0 Å². The van der Waals surface area contributed by atoms with Gasteiger partial charge in [0.05, 0.1) is 11.3 Å². The molecule has 0 saturated heterocycles. The zero-order chi connectivity index (χ0) is 13.2. The van der Waals surface area contributed by atoms with Gasteiger partial charge in [0.1, 0.15) is 0 Å². The Bertz CT molecular complexity index is 338. The number of aliphatic carboxylic acids is 1. The molecule has 2 N–H and O–H groups in total. The van der Waals surface area contributed by atoms with Gasteiger partial charge in [-0.25, -0.2) is 0 Å². The number of ether oxygens (including phenoxy) is 1. The maximum absolute atomic E-state index is 12.2. The van der Waals surface area contributed by atoms with E-state index in [0.717, 1.165) is 25.7 Å². The summed E-state index contributed by atoms with van der Waals surface area (Å²) in [4.78, 5) is 23.0. The van der Waals surface area contributed by atoms with Crippen LogP contribution in [0, 0.1) is 11.3 Å². The normalized spacial score (nSPS) is 28.9. The summed E-state index contributed by atoms with van der Waals surface area (Å²) in [5.41, 5.74) is -0.225. The number of hydrogen-bond donors (Lipinski definition) is 2. The smallest absolute Gasteiger partial charge is 0.306 e. The maximum atomic E-state index is 12.2. The monoisotopic (exact) mass is 255 g/mol. The highest BCUT2D eigenvalue weighted by Crippen LogP contribution is 2.49. The van der Waals surface area contributed by atoms with E-state index in [-0.39, 0.29) is 23.3 Å². The van der Waals surface area contributed by atoms with Crippen molar-refractivity contribution in [3.8, 4) is 0 Å². The number of carboxylic acids is 1. The molecule has 0 spiro atoms. The SMILES string of the molecule is COCCC1(C(=O)N[C@@H]2CC[C@H](C(=O)O)C2)CC1. The molecule has 0 aromatic carbocycles. The predicted molar refractivity (Wildman–Crippen MR) is 65.1 cm³/mol. The number of nitrogens with one attached hydrogen (secondary N) is 1. The van der Waals surface area contributed by atoms with Crippen LogP contribution >= 0.6 is 0 Å². The third-order valence-corrected chi connectivity index (χ3v) is 4.24. The number of carboxylic acid groups (broad SMARTS) is 1. The summed E-state index contributed by atoms with van der Waals surface area (Å²) in [5, 5.41) is 11.9. The number of rotatable bonds is 6. The summed E-state index contributed by atoms with van der Waals surface area (Å²) >= 11 is 0. The highest BCUT2D eigenvalue weighted by molar-refractivity contribution is 5.85. The topological polar surface area (TPSA) is 75.6 Å². The number of amides is 1. The Balaban J connectivity index is 1.80. The van der Waals surface area contributed by atoms with Crippen LogP contribution in [0.15, 0.2) is 0 Å². The molecule has 2 atom stereocenters. The first kappa shape index (κ1) is 13.3. The van der Waals surface area contributed by atoms with Crippen LogP contribution in [0.1, 0.15) is 38.5 Å². The van der Waals surface area contributed by atoms with Crippen molar-refractivity contribution in [3.05, 3.63) is 0 Å². The average Bonchev–Trinajstić information content (AvgIpc) is 2.99. The highest BCUT2D eigenvalue weighted by atomic mass is 16.5. The molecule has 0 bridgehead atoms. The molecular formula is C13H21NO4. The molecule has 0 aromatic heterocycles. The van der Waals surface area contributed by atoms with E-state index in [0.29, 0.717) is 19.4 Å². The van der Waals surface area contributed by atoms with E-state index in [9.17, 15) is 9.59 Å². The van der Waals surface area contributed by atoms with Crippen LogP contribution in [0.25, 0.3) is 0 Å². The van der Waals surface area contributed by atoms with Gasteiger partial charge in [-0.2, -0.15) is 0 Å². The lowest BCUT2D eigenvalue weighted by atomic mass is 10.0. The van der Waals surface area contributed by atoms with Crippen LogP contribution in [0.3, 0.4) is 0 Å². The standard InChI is InChI=1S/C13H21NO4/c1-18-7-6-13(4-5-13)12(17)14-10-3-2-9(8-10)11(15)16/h9-10H,2-8H2,1H3,(H,14,17)(H,15,16)/t9-,10+/m0/s1. The molecule has 0 heterocycles. The van der Waals surface area contributed by atoms with E-state index in [1.54, 1.807) is 7.11 Å². The van der Waals surface area contributed by atoms with Gasteiger partial charge in [0.2, 0.25) is 5.91 Å². The lowest BCUT2D eigenvalue weighted by molar-refractivity contribution is -0.141. The van der Waals surface area contributed by atoms with E-state index in [1.165, 1.54) is 0 Å². The van der Waals surface area contributed by atoms with Gasteiger partial charge < -0.3 is 15.2 Å². The molecule has 102 valence electrons. The molecule has 5 nitrogen and oxygen atoms in total. The van der Waals surface area contributed by atoms with Crippen molar-refractivity contribution in [1.29, 1.82) is 0 Å². The number of hydrogen-bond acceptors (Lipinski definition) is 3. The molecule has 5 heteroatoms. The van der Waals surface area contributed by atoms with E-state index < -0.39 is 5.97 Å². The molecule has 2 fully saturated rings. The van der Waals surface area contributed by atoms with Crippen molar-refractivity contribution >= 4 is 11.9 Å². The Kier molecular flexibility index (Phi) is 3.90. The fourth-order valence-electron chi connectivity index (χ4n) is 2.71. The zero-order valence-corrected chi connectivity index (χ0v) is 10.8. The molecular weight excluding hydrogens is 234 g/mol. The number of carbonyl (C=O) groups is 2. The summed E-state index contributed by atoms with van der Waals surface area (Å²) in [5.74, 6) is -0.938. The molecule has 18 heavy (non-hydrogen) atoms. The third kappa shape index (κ3) is 2.83. The molecule has 0 radical (unpaired) electrons. The first-order chi connectivity index (χ1) is 8.57. The summed E-state index contributed by atoms with van der Waals surface area (Å²) in [6.45, 7) is 0.607. The molecule has 2 aliphatic rings. The highest BCUT2D eigenvalue weighted by Gasteiger charge is 2.49. The van der Waals surface area contributed by atoms with Crippen molar-refractivity contribution in [3.63, 3.8) is 0 Å². The Labute approximate surface area is 107 Å². The first-order valence-corrected chi connectivity index (χ1v) is 6.60. The summed E-state index contributed by atoms with van der Waals surface area (Å²) in [7, 11) is 1.64. The minimum Gasteiger partial charge on any atom is -0.481 e. The van der Waals surface area contributed by atoms with Crippen LogP contribution in [-0.4, -0.2) is 36.7 Å². The van der Waals surface area contributed by atoms with Crippen LogP contribution in [0.5, 0.6) is 0 Å². The fourth-order valence-corrected chi connectivity index (χ4v) is 2.71.